The maximum atomic E-state index is 12.5. The smallest absolute Gasteiger partial charge is 0.223 e. The van der Waals surface area contributed by atoms with Crippen LogP contribution in [0.4, 0.5) is 5.13 Å². The van der Waals surface area contributed by atoms with E-state index in [1.54, 1.807) is 0 Å². The summed E-state index contributed by atoms with van der Waals surface area (Å²) in [6.45, 7) is 4.14. The number of aliphatic hydroxyl groups excluding tert-OH is 1. The van der Waals surface area contributed by atoms with Crippen molar-refractivity contribution in [1.82, 2.24) is 14.8 Å². The van der Waals surface area contributed by atoms with Gasteiger partial charge in [0.15, 0.2) is 5.13 Å². The maximum Gasteiger partial charge on any atom is 0.223 e. The van der Waals surface area contributed by atoms with Crippen LogP contribution in [-0.4, -0.2) is 64.6 Å². The van der Waals surface area contributed by atoms with Gasteiger partial charge in [0, 0.05) is 37.5 Å². The molecule has 0 aromatic carbocycles. The average Bonchev–Trinajstić information content (AvgIpc) is 3.05. The number of nitrogens with zero attached hydrogens (tertiary/aromatic N) is 3. The third kappa shape index (κ3) is 4.46. The number of carbonyl (C=O) groups is 1. The lowest BCUT2D eigenvalue weighted by Gasteiger charge is -2.42. The fraction of sp³-hybridized carbons (Fsp3) is 0.765. The lowest BCUT2D eigenvalue weighted by atomic mass is 9.94. The molecule has 2 aliphatic rings. The second kappa shape index (κ2) is 8.27. The summed E-state index contributed by atoms with van der Waals surface area (Å²) in [6.07, 6.45) is 5.60. The molecule has 3 rings (SSSR count). The third-order valence-corrected chi connectivity index (χ3v) is 6.06. The summed E-state index contributed by atoms with van der Waals surface area (Å²) in [6, 6.07) is 0.484. The molecule has 3 N–H and O–H groups in total. The first-order chi connectivity index (χ1) is 11.7. The molecule has 2 fully saturated rings. The summed E-state index contributed by atoms with van der Waals surface area (Å²) in [7, 11) is 0. The Balaban J connectivity index is 1.47. The van der Waals surface area contributed by atoms with Gasteiger partial charge in [-0.25, -0.2) is 4.98 Å². The number of likely N-dealkylation sites (tertiary alicyclic amines) is 2. The number of amides is 1. The molecule has 0 saturated carbocycles. The SMILES string of the molecule is Nc1nc(CCC(=O)N2CCC[C@@H](N3CCC(CO)CC3)C2)cs1. The zero-order chi connectivity index (χ0) is 16.9. The van der Waals surface area contributed by atoms with Gasteiger partial charge in [0.05, 0.1) is 5.69 Å². The molecule has 0 unspecified atom stereocenters. The van der Waals surface area contributed by atoms with Gasteiger partial charge in [-0.05, 0) is 51.1 Å². The number of rotatable bonds is 5. The van der Waals surface area contributed by atoms with Gasteiger partial charge in [-0.15, -0.1) is 11.3 Å². The monoisotopic (exact) mass is 352 g/mol. The number of nitrogens with two attached hydrogens (primary N) is 1. The molecule has 0 radical (unpaired) electrons. The zero-order valence-corrected chi connectivity index (χ0v) is 15.0. The second-order valence-electron chi connectivity index (χ2n) is 6.97. The van der Waals surface area contributed by atoms with Crippen molar-refractivity contribution in [3.63, 3.8) is 0 Å². The molecule has 2 saturated heterocycles. The standard InChI is InChI=1S/C17H28N4O2S/c18-17-19-14(12-24-17)3-4-16(23)21-7-1-2-15(10-21)20-8-5-13(11-22)6-9-20/h12-13,15,22H,1-11H2,(H2,18,19)/t15-/m1/s1. The van der Waals surface area contributed by atoms with Crippen LogP contribution >= 0.6 is 11.3 Å². The van der Waals surface area contributed by atoms with Crippen LogP contribution in [0.15, 0.2) is 5.38 Å². The third-order valence-electron chi connectivity index (χ3n) is 5.34. The molecule has 1 amide bonds. The first-order valence-corrected chi connectivity index (χ1v) is 9.86. The van der Waals surface area contributed by atoms with Crippen molar-refractivity contribution in [1.29, 1.82) is 0 Å². The van der Waals surface area contributed by atoms with E-state index in [9.17, 15) is 9.90 Å². The van der Waals surface area contributed by atoms with Crippen LogP contribution in [0.5, 0.6) is 0 Å². The fourth-order valence-electron chi connectivity index (χ4n) is 3.81. The number of carbonyl (C=O) groups excluding carboxylic acids is 1. The zero-order valence-electron chi connectivity index (χ0n) is 14.2. The van der Waals surface area contributed by atoms with Gasteiger partial charge < -0.3 is 15.7 Å². The van der Waals surface area contributed by atoms with E-state index in [1.165, 1.54) is 17.8 Å². The summed E-state index contributed by atoms with van der Waals surface area (Å²) in [5.41, 5.74) is 6.56. The Morgan fingerprint density at radius 2 is 2.12 bits per heavy atom. The van der Waals surface area contributed by atoms with Gasteiger partial charge in [0.25, 0.3) is 0 Å². The predicted molar refractivity (Wildman–Crippen MR) is 95.8 cm³/mol. The Hall–Kier alpha value is -1.18. The minimum absolute atomic E-state index is 0.233. The fourth-order valence-corrected chi connectivity index (χ4v) is 4.41. The number of nitrogen functional groups attached to an aromatic ring is 1. The highest BCUT2D eigenvalue weighted by Gasteiger charge is 2.30. The summed E-state index contributed by atoms with van der Waals surface area (Å²) < 4.78 is 0. The molecule has 1 atom stereocenters. The van der Waals surface area contributed by atoms with Crippen LogP contribution in [0.3, 0.4) is 0 Å². The van der Waals surface area contributed by atoms with Crippen molar-refractivity contribution < 1.29 is 9.90 Å². The van der Waals surface area contributed by atoms with Gasteiger partial charge in [-0.1, -0.05) is 0 Å². The lowest BCUT2D eigenvalue weighted by molar-refractivity contribution is -0.133. The van der Waals surface area contributed by atoms with E-state index in [1.807, 2.05) is 10.3 Å². The lowest BCUT2D eigenvalue weighted by Crippen LogP contribution is -2.52. The highest BCUT2D eigenvalue weighted by Crippen LogP contribution is 2.23. The molecule has 2 aliphatic heterocycles. The Morgan fingerprint density at radius 1 is 1.33 bits per heavy atom. The number of hydrogen-bond donors (Lipinski definition) is 2. The molecular weight excluding hydrogens is 324 g/mol. The van der Waals surface area contributed by atoms with Crippen LogP contribution < -0.4 is 5.73 Å². The van der Waals surface area contributed by atoms with Crippen molar-refractivity contribution in [2.24, 2.45) is 5.92 Å². The van der Waals surface area contributed by atoms with Crippen molar-refractivity contribution >= 4 is 22.4 Å². The minimum atomic E-state index is 0.233. The number of aryl methyl sites for hydroxylation is 1. The molecule has 1 aromatic rings. The van der Waals surface area contributed by atoms with Crippen LogP contribution in [0.25, 0.3) is 0 Å². The van der Waals surface area contributed by atoms with E-state index in [2.05, 4.69) is 9.88 Å². The molecular formula is C17H28N4O2S. The highest BCUT2D eigenvalue weighted by molar-refractivity contribution is 7.13. The number of aliphatic hydroxyl groups is 1. The number of thiazole rings is 1. The predicted octanol–water partition coefficient (Wildman–Crippen LogP) is 1.35. The molecule has 0 bridgehead atoms. The highest BCUT2D eigenvalue weighted by atomic mass is 32.1. The Morgan fingerprint density at radius 3 is 2.79 bits per heavy atom. The summed E-state index contributed by atoms with van der Waals surface area (Å²) in [5.74, 6) is 0.699. The molecule has 0 spiro atoms. The van der Waals surface area contributed by atoms with Crippen LogP contribution in [0.2, 0.25) is 0 Å². The largest absolute Gasteiger partial charge is 0.396 e. The first-order valence-electron chi connectivity index (χ1n) is 8.98. The number of anilines is 1. The summed E-state index contributed by atoms with van der Waals surface area (Å²) in [5, 5.41) is 11.8. The number of aromatic nitrogens is 1. The summed E-state index contributed by atoms with van der Waals surface area (Å²) >= 11 is 1.43. The topological polar surface area (TPSA) is 82.7 Å². The number of hydrogen-bond acceptors (Lipinski definition) is 6. The van der Waals surface area contributed by atoms with Crippen molar-refractivity contribution in [2.45, 2.75) is 44.6 Å². The van der Waals surface area contributed by atoms with E-state index < -0.39 is 0 Å². The van der Waals surface area contributed by atoms with Gasteiger partial charge >= 0.3 is 0 Å². The van der Waals surface area contributed by atoms with Gasteiger partial charge in [-0.3, -0.25) is 9.69 Å². The minimum Gasteiger partial charge on any atom is -0.396 e. The quantitative estimate of drug-likeness (QED) is 0.836. The van der Waals surface area contributed by atoms with Gasteiger partial charge in [0.2, 0.25) is 5.91 Å². The van der Waals surface area contributed by atoms with E-state index >= 15 is 0 Å². The molecule has 24 heavy (non-hydrogen) atoms. The average molecular weight is 353 g/mol. The first kappa shape index (κ1) is 17.6. The molecule has 1 aromatic heterocycles. The Kier molecular flexibility index (Phi) is 6.08. The molecule has 3 heterocycles. The van der Waals surface area contributed by atoms with Gasteiger partial charge in [0.1, 0.15) is 0 Å². The molecule has 7 heteroatoms. The Bertz CT molecular complexity index is 542. The number of piperidine rings is 2. The van der Waals surface area contributed by atoms with Crippen molar-refractivity contribution in [3.8, 4) is 0 Å². The van der Waals surface area contributed by atoms with Crippen LogP contribution in [0, 0.1) is 5.92 Å². The summed E-state index contributed by atoms with van der Waals surface area (Å²) in [4.78, 5) is 21.3. The molecule has 6 nitrogen and oxygen atoms in total. The van der Waals surface area contributed by atoms with E-state index in [0.717, 1.165) is 51.1 Å². The van der Waals surface area contributed by atoms with Crippen LogP contribution in [0.1, 0.15) is 37.8 Å². The molecule has 134 valence electrons. The normalized spacial score (nSPS) is 23.5. The van der Waals surface area contributed by atoms with E-state index in [0.29, 0.717) is 36.5 Å². The van der Waals surface area contributed by atoms with Gasteiger partial charge in [-0.2, -0.15) is 0 Å². The second-order valence-corrected chi connectivity index (χ2v) is 7.86. The Labute approximate surface area is 147 Å². The van der Waals surface area contributed by atoms with E-state index in [4.69, 9.17) is 5.73 Å². The van der Waals surface area contributed by atoms with Crippen LogP contribution in [-0.2, 0) is 11.2 Å². The molecule has 0 aliphatic carbocycles. The van der Waals surface area contributed by atoms with Crippen molar-refractivity contribution in [2.75, 3.05) is 38.5 Å². The van der Waals surface area contributed by atoms with Crippen molar-refractivity contribution in [3.05, 3.63) is 11.1 Å². The maximum absolute atomic E-state index is 12.5. The van der Waals surface area contributed by atoms with E-state index in [-0.39, 0.29) is 5.91 Å².